The number of piperidine rings is 1. The van der Waals surface area contributed by atoms with Gasteiger partial charge in [0.05, 0.1) is 11.5 Å². The van der Waals surface area contributed by atoms with Crippen LogP contribution in [0.5, 0.6) is 5.75 Å². The van der Waals surface area contributed by atoms with Crippen molar-refractivity contribution in [2.45, 2.75) is 50.5 Å². The van der Waals surface area contributed by atoms with Gasteiger partial charge in [-0.05, 0) is 62.9 Å². The van der Waals surface area contributed by atoms with Gasteiger partial charge in [0.15, 0.2) is 0 Å². The first-order valence-electron chi connectivity index (χ1n) is 10.9. The largest absolute Gasteiger partial charge is 0.493 e. The van der Waals surface area contributed by atoms with Crippen LogP contribution >= 0.6 is 0 Å². The van der Waals surface area contributed by atoms with Crippen LogP contribution in [-0.4, -0.2) is 56.3 Å². The predicted octanol–water partition coefficient (Wildman–Crippen LogP) is 4.10. The summed E-state index contributed by atoms with van der Waals surface area (Å²) in [5, 5.41) is 0. The first-order valence-corrected chi connectivity index (χ1v) is 12.3. The summed E-state index contributed by atoms with van der Waals surface area (Å²) in [4.78, 5) is 14.7. The number of aryl methyl sites for hydroxylation is 1. The molecule has 1 atom stereocenters. The summed E-state index contributed by atoms with van der Waals surface area (Å²) in [5.74, 6) is 0.654. The second-order valence-electron chi connectivity index (χ2n) is 8.18. The molecule has 0 spiro atoms. The Labute approximate surface area is 185 Å². The maximum Gasteiger partial charge on any atom is 0.253 e. The van der Waals surface area contributed by atoms with E-state index in [0.717, 1.165) is 30.6 Å². The number of rotatable bonds is 8. The monoisotopic (exact) mass is 444 g/mol. The summed E-state index contributed by atoms with van der Waals surface area (Å²) in [5.41, 5.74) is 1.46. The molecule has 3 rings (SSSR count). The second-order valence-corrected chi connectivity index (χ2v) is 10.1. The Balaban J connectivity index is 1.60. The van der Waals surface area contributed by atoms with Crippen LogP contribution in [0.1, 0.15) is 48.5 Å². The van der Waals surface area contributed by atoms with E-state index in [9.17, 15) is 13.2 Å². The fraction of sp³-hybridized carbons (Fsp3) is 0.458. The van der Waals surface area contributed by atoms with E-state index in [4.69, 9.17) is 4.74 Å². The minimum atomic E-state index is -3.61. The molecule has 168 valence electrons. The molecule has 1 heterocycles. The normalized spacial score (nSPS) is 17.3. The summed E-state index contributed by atoms with van der Waals surface area (Å²) in [6.45, 7) is 5.49. The molecule has 0 saturated carbocycles. The van der Waals surface area contributed by atoms with Crippen molar-refractivity contribution in [1.29, 1.82) is 0 Å². The topological polar surface area (TPSA) is 66.9 Å². The number of benzene rings is 2. The van der Waals surface area contributed by atoms with Crippen LogP contribution in [0.3, 0.4) is 0 Å². The maximum atomic E-state index is 13.1. The molecule has 0 aliphatic carbocycles. The van der Waals surface area contributed by atoms with Gasteiger partial charge in [-0.2, -0.15) is 4.31 Å². The number of amides is 1. The quantitative estimate of drug-likeness (QED) is 0.575. The Morgan fingerprint density at radius 2 is 1.94 bits per heavy atom. The van der Waals surface area contributed by atoms with Crippen molar-refractivity contribution in [1.82, 2.24) is 9.21 Å². The molecule has 0 aromatic heterocycles. The number of carbonyl (C=O) groups is 1. The molecule has 1 saturated heterocycles. The molecule has 1 unspecified atom stereocenters. The molecule has 31 heavy (non-hydrogen) atoms. The van der Waals surface area contributed by atoms with Gasteiger partial charge in [-0.25, -0.2) is 8.42 Å². The number of para-hydroxylation sites is 1. The molecular weight excluding hydrogens is 412 g/mol. The van der Waals surface area contributed by atoms with Gasteiger partial charge >= 0.3 is 0 Å². The fourth-order valence-corrected chi connectivity index (χ4v) is 5.62. The van der Waals surface area contributed by atoms with E-state index in [1.807, 2.05) is 38.1 Å². The summed E-state index contributed by atoms with van der Waals surface area (Å²) in [6.07, 6.45) is 3.46. The Kier molecular flexibility index (Phi) is 7.73. The second kappa shape index (κ2) is 10.3. The fourth-order valence-electron chi connectivity index (χ4n) is 3.88. The molecule has 6 nitrogen and oxygen atoms in total. The smallest absolute Gasteiger partial charge is 0.253 e. The third kappa shape index (κ3) is 5.66. The minimum absolute atomic E-state index is 0.0194. The number of nitrogens with zero attached hydrogens (tertiary/aromatic N) is 2. The highest BCUT2D eigenvalue weighted by Gasteiger charge is 2.31. The first kappa shape index (κ1) is 23.3. The van der Waals surface area contributed by atoms with Gasteiger partial charge in [0, 0.05) is 31.7 Å². The molecule has 1 aliphatic heterocycles. The summed E-state index contributed by atoms with van der Waals surface area (Å²) in [7, 11) is -1.88. The predicted molar refractivity (Wildman–Crippen MR) is 122 cm³/mol. The molecule has 1 amide bonds. The average Bonchev–Trinajstić information content (AvgIpc) is 2.77. The first-order chi connectivity index (χ1) is 14.8. The number of hydrogen-bond donors (Lipinski definition) is 0. The van der Waals surface area contributed by atoms with E-state index in [1.54, 1.807) is 34.5 Å². The molecule has 1 fully saturated rings. The zero-order chi connectivity index (χ0) is 22.4. The highest BCUT2D eigenvalue weighted by molar-refractivity contribution is 7.89. The Bertz CT molecular complexity index is 1010. The van der Waals surface area contributed by atoms with Crippen molar-refractivity contribution in [2.24, 2.45) is 0 Å². The molecule has 7 heteroatoms. The van der Waals surface area contributed by atoms with Crippen molar-refractivity contribution in [3.63, 3.8) is 0 Å². The molecule has 0 radical (unpaired) electrons. The lowest BCUT2D eigenvalue weighted by Crippen LogP contribution is -2.42. The van der Waals surface area contributed by atoms with Gasteiger partial charge in [0.2, 0.25) is 10.0 Å². The van der Waals surface area contributed by atoms with Gasteiger partial charge in [-0.15, -0.1) is 0 Å². The zero-order valence-electron chi connectivity index (χ0n) is 18.6. The Morgan fingerprint density at radius 1 is 1.16 bits per heavy atom. The van der Waals surface area contributed by atoms with Gasteiger partial charge in [0.1, 0.15) is 5.75 Å². The third-order valence-electron chi connectivity index (χ3n) is 5.77. The zero-order valence-corrected chi connectivity index (χ0v) is 19.4. The van der Waals surface area contributed by atoms with Gasteiger partial charge in [-0.3, -0.25) is 4.79 Å². The lowest BCUT2D eigenvalue weighted by atomic mass is 10.1. The third-order valence-corrected chi connectivity index (χ3v) is 7.77. The highest BCUT2D eigenvalue weighted by atomic mass is 32.2. The van der Waals surface area contributed by atoms with E-state index in [-0.39, 0.29) is 16.8 Å². The van der Waals surface area contributed by atoms with Crippen molar-refractivity contribution in [2.75, 3.05) is 26.7 Å². The SMILES string of the molecule is Cc1ccccc1OCCCN(C)C(=O)c1cccc(S(=O)(=O)N2CCCCC2C)c1. The average molecular weight is 445 g/mol. The summed E-state index contributed by atoms with van der Waals surface area (Å²) in [6, 6.07) is 14.2. The van der Waals surface area contributed by atoms with Crippen LogP contribution in [0, 0.1) is 6.92 Å². The molecule has 1 aliphatic rings. The van der Waals surface area contributed by atoms with Gasteiger partial charge < -0.3 is 9.64 Å². The van der Waals surface area contributed by atoms with Crippen LogP contribution in [0.25, 0.3) is 0 Å². The Hall–Kier alpha value is -2.38. The highest BCUT2D eigenvalue weighted by Crippen LogP contribution is 2.25. The molecule has 0 N–H and O–H groups in total. The minimum Gasteiger partial charge on any atom is -0.493 e. The summed E-state index contributed by atoms with van der Waals surface area (Å²) < 4.78 is 33.6. The lowest BCUT2D eigenvalue weighted by Gasteiger charge is -2.32. The number of carbonyl (C=O) groups excluding carboxylic acids is 1. The standard InChI is InChI=1S/C24H32N2O4S/c1-19-10-4-5-14-23(19)30-17-9-15-25(3)24(27)21-12-8-13-22(18-21)31(28,29)26-16-7-6-11-20(26)2/h4-5,8,10,12-14,18,20H,6-7,9,11,15-17H2,1-3H3. The number of ether oxygens (including phenoxy) is 1. The van der Waals surface area contributed by atoms with E-state index >= 15 is 0 Å². The van der Waals surface area contributed by atoms with E-state index in [1.165, 1.54) is 6.07 Å². The van der Waals surface area contributed by atoms with Gasteiger partial charge in [0.25, 0.3) is 5.91 Å². The van der Waals surface area contributed by atoms with E-state index in [2.05, 4.69) is 0 Å². The molecule has 0 bridgehead atoms. The van der Waals surface area contributed by atoms with E-state index in [0.29, 0.717) is 31.7 Å². The van der Waals surface area contributed by atoms with Crippen LogP contribution in [0.4, 0.5) is 0 Å². The van der Waals surface area contributed by atoms with E-state index < -0.39 is 10.0 Å². The van der Waals surface area contributed by atoms with Crippen molar-refractivity contribution in [3.05, 3.63) is 59.7 Å². The van der Waals surface area contributed by atoms with Crippen LogP contribution in [0.15, 0.2) is 53.4 Å². The number of hydrogen-bond acceptors (Lipinski definition) is 4. The van der Waals surface area contributed by atoms with Crippen LogP contribution < -0.4 is 4.74 Å². The maximum absolute atomic E-state index is 13.1. The number of sulfonamides is 1. The Morgan fingerprint density at radius 3 is 2.68 bits per heavy atom. The van der Waals surface area contributed by atoms with Crippen LogP contribution in [0.2, 0.25) is 0 Å². The molecule has 2 aromatic rings. The van der Waals surface area contributed by atoms with Crippen molar-refractivity contribution >= 4 is 15.9 Å². The molecule has 2 aromatic carbocycles. The van der Waals surface area contributed by atoms with Crippen molar-refractivity contribution in [3.8, 4) is 5.75 Å². The van der Waals surface area contributed by atoms with Gasteiger partial charge in [-0.1, -0.05) is 30.7 Å². The van der Waals surface area contributed by atoms with Crippen molar-refractivity contribution < 1.29 is 17.9 Å². The molecular formula is C24H32N2O4S. The summed E-state index contributed by atoms with van der Waals surface area (Å²) >= 11 is 0. The van der Waals surface area contributed by atoms with Crippen LogP contribution in [-0.2, 0) is 10.0 Å². The lowest BCUT2D eigenvalue weighted by molar-refractivity contribution is 0.0787.